The summed E-state index contributed by atoms with van der Waals surface area (Å²) in [6, 6.07) is 0. The molecule has 0 spiro atoms. The zero-order valence-corrected chi connectivity index (χ0v) is 13.7. The number of nitriles is 1. The minimum atomic E-state index is -0.689. The van der Waals surface area contributed by atoms with Crippen LogP contribution in [-0.2, 0) is 23.7 Å². The summed E-state index contributed by atoms with van der Waals surface area (Å²) < 4.78 is 29.6. The third kappa shape index (κ3) is 2.62. The Balaban J connectivity index is 1.82. The van der Waals surface area contributed by atoms with Crippen LogP contribution in [0.3, 0.4) is 0 Å². The number of nitrogens with zero attached hydrogens (tertiary/aromatic N) is 1. The summed E-state index contributed by atoms with van der Waals surface area (Å²) in [5, 5.41) is 9.47. The van der Waals surface area contributed by atoms with E-state index in [1.807, 2.05) is 27.7 Å². The van der Waals surface area contributed by atoms with Gasteiger partial charge in [0.2, 0.25) is 0 Å². The molecule has 6 nitrogen and oxygen atoms in total. The topological polar surface area (TPSA) is 69.9 Å². The van der Waals surface area contributed by atoms with Crippen LogP contribution in [-0.4, -0.2) is 57.2 Å². The van der Waals surface area contributed by atoms with E-state index in [1.165, 1.54) is 0 Å². The summed E-state index contributed by atoms with van der Waals surface area (Å²) in [5.74, 6) is -1.35. The molecule has 0 unspecified atom stereocenters. The molecule has 0 aromatic carbocycles. The molecule has 3 aliphatic rings. The van der Waals surface area contributed by atoms with Crippen LogP contribution in [0.4, 0.5) is 0 Å². The molecule has 0 aromatic rings. The van der Waals surface area contributed by atoms with Crippen LogP contribution in [0.2, 0.25) is 5.32 Å². The molecule has 7 heteroatoms. The Morgan fingerprint density at radius 2 is 1.55 bits per heavy atom. The average Bonchev–Trinajstić information content (AvgIpc) is 2.80. The molecule has 20 heavy (non-hydrogen) atoms. The maximum atomic E-state index is 8.80. The van der Waals surface area contributed by atoms with Gasteiger partial charge in [0.1, 0.15) is 0 Å². The van der Waals surface area contributed by atoms with E-state index in [-0.39, 0.29) is 39.4 Å². The van der Waals surface area contributed by atoms with Gasteiger partial charge >= 0.3 is 124 Å². The van der Waals surface area contributed by atoms with Gasteiger partial charge in [-0.2, -0.15) is 0 Å². The van der Waals surface area contributed by atoms with Gasteiger partial charge in [-0.05, 0) is 0 Å². The molecule has 3 aliphatic heterocycles. The molecular weight excluding hydrogens is 329 g/mol. The molecule has 112 valence electrons. The van der Waals surface area contributed by atoms with Crippen LogP contribution >= 0.6 is 0 Å². The first-order chi connectivity index (χ1) is 9.31. The van der Waals surface area contributed by atoms with Gasteiger partial charge < -0.3 is 0 Å². The monoisotopic (exact) mass is 349 g/mol. The summed E-state index contributed by atoms with van der Waals surface area (Å²) in [7, 11) is 0. The molecule has 0 aliphatic carbocycles. The van der Waals surface area contributed by atoms with E-state index in [1.54, 1.807) is 0 Å². The molecule has 3 fully saturated rings. The van der Waals surface area contributed by atoms with Crippen molar-refractivity contribution in [2.45, 2.75) is 75.3 Å². The van der Waals surface area contributed by atoms with Gasteiger partial charge in [0, 0.05) is 0 Å². The van der Waals surface area contributed by atoms with Crippen molar-refractivity contribution in [1.29, 1.82) is 5.26 Å². The summed E-state index contributed by atoms with van der Waals surface area (Å²) in [4.78, 5) is 2.21. The van der Waals surface area contributed by atoms with Gasteiger partial charge in [-0.3, -0.25) is 0 Å². The molecule has 0 radical (unpaired) electrons. The quantitative estimate of drug-likeness (QED) is 0.693. The molecule has 3 saturated heterocycles. The standard InChI is InChI=1S/C13H19NO5Se/c1-12(2)16-8-7(5-20-6-14)15-11-10(9(8)17-12)18-13(3,4)19-11/h7-11H,5H2,1-4H3/t7-,8+,9+,10-,11-/m1/s1. The number of rotatable bonds is 2. The van der Waals surface area contributed by atoms with E-state index in [2.05, 4.69) is 4.97 Å². The van der Waals surface area contributed by atoms with Gasteiger partial charge in [-0.1, -0.05) is 0 Å². The second-order valence-corrected chi connectivity index (χ2v) is 7.80. The molecule has 0 N–H and O–H groups in total. The van der Waals surface area contributed by atoms with Crippen molar-refractivity contribution in [3.05, 3.63) is 0 Å². The van der Waals surface area contributed by atoms with E-state index < -0.39 is 17.9 Å². The van der Waals surface area contributed by atoms with Gasteiger partial charge in [0.15, 0.2) is 0 Å². The first-order valence-corrected chi connectivity index (χ1v) is 8.76. The van der Waals surface area contributed by atoms with E-state index in [0.717, 1.165) is 0 Å². The molecule has 5 atom stereocenters. The number of hydrogen-bond acceptors (Lipinski definition) is 6. The van der Waals surface area contributed by atoms with Crippen molar-refractivity contribution < 1.29 is 23.7 Å². The van der Waals surface area contributed by atoms with Crippen LogP contribution in [0, 0.1) is 10.2 Å². The Labute approximate surface area is 124 Å². The van der Waals surface area contributed by atoms with Gasteiger partial charge in [0.25, 0.3) is 0 Å². The van der Waals surface area contributed by atoms with E-state index >= 15 is 0 Å². The second kappa shape index (κ2) is 4.92. The zero-order valence-electron chi connectivity index (χ0n) is 12.0. The third-order valence-corrected chi connectivity index (χ3v) is 4.87. The fraction of sp³-hybridized carbons (Fsp3) is 0.923. The van der Waals surface area contributed by atoms with Crippen molar-refractivity contribution >= 4 is 15.0 Å². The molecule has 0 saturated carbocycles. The predicted molar refractivity (Wildman–Crippen MR) is 68.7 cm³/mol. The van der Waals surface area contributed by atoms with Gasteiger partial charge in [-0.25, -0.2) is 0 Å². The fourth-order valence-corrected chi connectivity index (χ4v) is 4.01. The predicted octanol–water partition coefficient (Wildman–Crippen LogP) is 0.986. The van der Waals surface area contributed by atoms with Crippen LogP contribution in [0.25, 0.3) is 0 Å². The van der Waals surface area contributed by atoms with E-state index in [0.29, 0.717) is 5.32 Å². The number of ether oxygens (including phenoxy) is 5. The number of fused-ring (bicyclic) bond motifs is 3. The normalized spacial score (nSPS) is 44.6. The molecule has 3 rings (SSSR count). The van der Waals surface area contributed by atoms with Crippen molar-refractivity contribution in [3.8, 4) is 4.97 Å². The van der Waals surface area contributed by atoms with Crippen molar-refractivity contribution in [3.63, 3.8) is 0 Å². The van der Waals surface area contributed by atoms with E-state index in [4.69, 9.17) is 28.9 Å². The fourth-order valence-electron chi connectivity index (χ4n) is 2.95. The Hall–Kier alpha value is -0.191. The molecule has 0 aromatic heterocycles. The Kier molecular flexibility index (Phi) is 3.63. The second-order valence-electron chi connectivity index (χ2n) is 6.11. The summed E-state index contributed by atoms with van der Waals surface area (Å²) in [5.41, 5.74) is 0. The van der Waals surface area contributed by atoms with E-state index in [9.17, 15) is 0 Å². The summed E-state index contributed by atoms with van der Waals surface area (Å²) >= 11 is -0.132. The SMILES string of the molecule is CC1(C)O[C@H]2[C@@H](O1)[C@@H](C[Se]C#N)O[C@@H]1OC(C)(C)O[C@@H]12. The first-order valence-electron chi connectivity index (χ1n) is 6.69. The van der Waals surface area contributed by atoms with Crippen LogP contribution in [0.1, 0.15) is 27.7 Å². The van der Waals surface area contributed by atoms with Crippen LogP contribution in [0.5, 0.6) is 0 Å². The van der Waals surface area contributed by atoms with Crippen molar-refractivity contribution in [2.75, 3.05) is 0 Å². The van der Waals surface area contributed by atoms with Gasteiger partial charge in [0.05, 0.1) is 0 Å². The molecule has 3 heterocycles. The average molecular weight is 348 g/mol. The molecule has 0 bridgehead atoms. The van der Waals surface area contributed by atoms with Crippen LogP contribution < -0.4 is 0 Å². The summed E-state index contributed by atoms with van der Waals surface area (Å²) in [6.45, 7) is 7.49. The summed E-state index contributed by atoms with van der Waals surface area (Å²) in [6.07, 6.45) is -1.35. The Morgan fingerprint density at radius 3 is 2.25 bits per heavy atom. The zero-order chi connectivity index (χ0) is 14.5. The van der Waals surface area contributed by atoms with Crippen LogP contribution in [0.15, 0.2) is 0 Å². The van der Waals surface area contributed by atoms with Gasteiger partial charge in [-0.15, -0.1) is 0 Å². The van der Waals surface area contributed by atoms with Crippen molar-refractivity contribution in [1.82, 2.24) is 0 Å². The maximum absolute atomic E-state index is 8.80. The number of hydrogen-bond donors (Lipinski definition) is 0. The Bertz CT molecular complexity index is 435. The molecular formula is C13H19NO5Se. The minimum absolute atomic E-state index is 0.132. The first kappa shape index (κ1) is 14.7. The van der Waals surface area contributed by atoms with Crippen molar-refractivity contribution in [2.24, 2.45) is 0 Å². The molecule has 0 amide bonds. The Morgan fingerprint density at radius 1 is 0.950 bits per heavy atom. The third-order valence-electron chi connectivity index (χ3n) is 3.56.